The van der Waals surface area contributed by atoms with Crippen molar-refractivity contribution in [2.75, 3.05) is 19.0 Å². The van der Waals surface area contributed by atoms with Gasteiger partial charge >= 0.3 is 12.1 Å². The van der Waals surface area contributed by atoms with Gasteiger partial charge in [0.2, 0.25) is 0 Å². The molecular formula is C24H30N6O4. The van der Waals surface area contributed by atoms with Gasteiger partial charge in [-0.3, -0.25) is 9.82 Å². The monoisotopic (exact) mass is 466 g/mol. The van der Waals surface area contributed by atoms with Gasteiger partial charge in [-0.05, 0) is 37.5 Å². The summed E-state index contributed by atoms with van der Waals surface area (Å²) in [6.45, 7) is 2.73. The fourth-order valence-corrected chi connectivity index (χ4v) is 3.28. The molecule has 5 N–H and O–H groups in total. The molecule has 1 unspecified atom stereocenters. The fourth-order valence-electron chi connectivity index (χ4n) is 3.28. The molecule has 2 aromatic carbocycles. The summed E-state index contributed by atoms with van der Waals surface area (Å²) in [6, 6.07) is 16.1. The summed E-state index contributed by atoms with van der Waals surface area (Å²) in [5, 5.41) is 7.16. The molecule has 0 saturated carbocycles. The lowest BCUT2D eigenvalue weighted by molar-refractivity contribution is 0.0482. The molecule has 0 aliphatic rings. The Kier molecular flexibility index (Phi) is 9.29. The van der Waals surface area contributed by atoms with Crippen LogP contribution in [0.1, 0.15) is 25.3 Å². The highest BCUT2D eigenvalue weighted by Crippen LogP contribution is 2.28. The second-order valence-electron chi connectivity index (χ2n) is 7.65. The number of pyridine rings is 1. The third-order valence-electron chi connectivity index (χ3n) is 4.95. The molecule has 10 heteroatoms. The van der Waals surface area contributed by atoms with Crippen LogP contribution in [0.25, 0.3) is 10.9 Å². The predicted octanol–water partition coefficient (Wildman–Crippen LogP) is 3.47. The second kappa shape index (κ2) is 12.9. The molecule has 34 heavy (non-hydrogen) atoms. The molecule has 4 amide bonds. The van der Waals surface area contributed by atoms with Crippen molar-refractivity contribution in [3.63, 3.8) is 0 Å². The zero-order valence-electron chi connectivity index (χ0n) is 19.3. The Balaban J connectivity index is 1.31. The maximum atomic E-state index is 11.9. The number of methoxy groups -OCH3 is 1. The molecule has 0 saturated heterocycles. The minimum absolute atomic E-state index is 0.146. The summed E-state index contributed by atoms with van der Waals surface area (Å²) in [7, 11) is 1.64. The first-order chi connectivity index (χ1) is 16.5. The van der Waals surface area contributed by atoms with Gasteiger partial charge < -0.3 is 15.4 Å². The highest BCUT2D eigenvalue weighted by molar-refractivity contribution is 5.91. The number of nitrogens with zero attached hydrogens (tertiary/aromatic N) is 1. The van der Waals surface area contributed by atoms with E-state index in [0.29, 0.717) is 6.54 Å². The highest BCUT2D eigenvalue weighted by Gasteiger charge is 2.10. The molecule has 10 nitrogen and oxygen atoms in total. The summed E-state index contributed by atoms with van der Waals surface area (Å²) < 4.78 is 5.39. The van der Waals surface area contributed by atoms with E-state index in [4.69, 9.17) is 9.57 Å². The molecule has 0 bridgehead atoms. The van der Waals surface area contributed by atoms with Gasteiger partial charge in [0, 0.05) is 30.2 Å². The molecule has 0 aliphatic carbocycles. The van der Waals surface area contributed by atoms with E-state index in [2.05, 4.69) is 38.9 Å². The summed E-state index contributed by atoms with van der Waals surface area (Å²) in [5.74, 6) is 0.760. The number of amides is 4. The van der Waals surface area contributed by atoms with Crippen LogP contribution in [-0.4, -0.2) is 36.7 Å². The van der Waals surface area contributed by atoms with Crippen LogP contribution in [0, 0.1) is 0 Å². The van der Waals surface area contributed by atoms with E-state index in [1.807, 2.05) is 54.6 Å². The number of carbonyl (C=O) groups is 2. The molecule has 3 rings (SSSR count). The number of fused-ring (bicyclic) bond motifs is 1. The van der Waals surface area contributed by atoms with E-state index < -0.39 is 12.1 Å². The number of rotatable bonds is 10. The number of urea groups is 2. The van der Waals surface area contributed by atoms with Gasteiger partial charge in [0.25, 0.3) is 0 Å². The Hall–Kier alpha value is -4.05. The zero-order chi connectivity index (χ0) is 24.2. The molecule has 1 atom stereocenters. The van der Waals surface area contributed by atoms with Crippen LogP contribution in [0.4, 0.5) is 15.3 Å². The molecule has 1 aromatic heterocycles. The molecule has 1 heterocycles. The largest absolute Gasteiger partial charge is 0.497 e. The standard InChI is InChI=1S/C24H30N6O4/c1-17(27-21-15-20(33-2)14-19-11-7-12-25-22(19)21)8-6-13-26-23(31)28-29-24(32)30-34-16-18-9-4-3-5-10-18/h3-5,7,9-12,14-15,17,27H,6,8,13,16H2,1-2H3,(H2,26,28,31)(H2,29,30,32). The van der Waals surface area contributed by atoms with Crippen LogP contribution >= 0.6 is 0 Å². The molecule has 3 aromatic rings. The van der Waals surface area contributed by atoms with Crippen molar-refractivity contribution in [1.82, 2.24) is 26.6 Å². The lowest BCUT2D eigenvalue weighted by atomic mass is 10.1. The minimum atomic E-state index is -0.678. The Morgan fingerprint density at radius 1 is 1.03 bits per heavy atom. The molecule has 0 spiro atoms. The molecule has 0 fully saturated rings. The molecule has 180 valence electrons. The van der Waals surface area contributed by atoms with Crippen LogP contribution in [0.2, 0.25) is 0 Å². The number of hydrazine groups is 1. The minimum Gasteiger partial charge on any atom is -0.497 e. The Labute approximate surface area is 198 Å². The van der Waals surface area contributed by atoms with Gasteiger partial charge in [0.15, 0.2) is 0 Å². The van der Waals surface area contributed by atoms with Crippen molar-refractivity contribution in [2.24, 2.45) is 0 Å². The first-order valence-electron chi connectivity index (χ1n) is 11.0. The van der Waals surface area contributed by atoms with Gasteiger partial charge in [-0.2, -0.15) is 0 Å². The third kappa shape index (κ3) is 7.82. The first kappa shape index (κ1) is 24.6. The fraction of sp³-hybridized carbons (Fsp3) is 0.292. The zero-order valence-corrected chi connectivity index (χ0v) is 19.3. The van der Waals surface area contributed by atoms with E-state index in [1.54, 1.807) is 13.3 Å². The number of anilines is 1. The quantitative estimate of drug-likeness (QED) is 0.230. The van der Waals surface area contributed by atoms with Gasteiger partial charge in [-0.15, -0.1) is 0 Å². The third-order valence-corrected chi connectivity index (χ3v) is 4.95. The number of aromatic nitrogens is 1. The number of nitrogens with one attached hydrogen (secondary N) is 5. The summed E-state index contributed by atoms with van der Waals surface area (Å²) in [5.41, 5.74) is 9.36. The van der Waals surface area contributed by atoms with Crippen LogP contribution in [0.5, 0.6) is 5.75 Å². The van der Waals surface area contributed by atoms with Crippen LogP contribution in [0.15, 0.2) is 60.8 Å². The number of ether oxygens (including phenoxy) is 1. The lowest BCUT2D eigenvalue weighted by Gasteiger charge is -2.17. The van der Waals surface area contributed by atoms with Crippen molar-refractivity contribution in [2.45, 2.75) is 32.4 Å². The van der Waals surface area contributed by atoms with Crippen molar-refractivity contribution in [1.29, 1.82) is 0 Å². The average Bonchev–Trinajstić information content (AvgIpc) is 2.86. The van der Waals surface area contributed by atoms with Gasteiger partial charge in [0.05, 0.1) is 24.9 Å². The van der Waals surface area contributed by atoms with E-state index in [1.165, 1.54) is 0 Å². The maximum Gasteiger partial charge on any atom is 0.357 e. The van der Waals surface area contributed by atoms with Crippen molar-refractivity contribution < 1.29 is 19.2 Å². The predicted molar refractivity (Wildman–Crippen MR) is 130 cm³/mol. The van der Waals surface area contributed by atoms with Crippen molar-refractivity contribution >= 4 is 28.7 Å². The maximum absolute atomic E-state index is 11.9. The van der Waals surface area contributed by atoms with Gasteiger partial charge in [-0.25, -0.2) is 25.9 Å². The number of benzene rings is 2. The van der Waals surface area contributed by atoms with Crippen LogP contribution in [0.3, 0.4) is 0 Å². The average molecular weight is 467 g/mol. The van der Waals surface area contributed by atoms with E-state index in [0.717, 1.165) is 40.7 Å². The molecule has 0 aliphatic heterocycles. The Morgan fingerprint density at radius 2 is 1.82 bits per heavy atom. The molecular weight excluding hydrogens is 436 g/mol. The van der Waals surface area contributed by atoms with Crippen LogP contribution in [-0.2, 0) is 11.4 Å². The van der Waals surface area contributed by atoms with E-state index in [-0.39, 0.29) is 12.6 Å². The molecule has 0 radical (unpaired) electrons. The number of hydroxylamine groups is 1. The van der Waals surface area contributed by atoms with Crippen LogP contribution < -0.4 is 31.7 Å². The topological polar surface area (TPSA) is 126 Å². The van der Waals surface area contributed by atoms with Gasteiger partial charge in [0.1, 0.15) is 5.75 Å². The number of hydrogen-bond acceptors (Lipinski definition) is 6. The van der Waals surface area contributed by atoms with E-state index >= 15 is 0 Å². The van der Waals surface area contributed by atoms with Gasteiger partial charge in [-0.1, -0.05) is 36.4 Å². The Bertz CT molecular complexity index is 1080. The Morgan fingerprint density at radius 3 is 2.62 bits per heavy atom. The van der Waals surface area contributed by atoms with E-state index in [9.17, 15) is 9.59 Å². The number of carbonyl (C=O) groups excluding carboxylic acids is 2. The highest BCUT2D eigenvalue weighted by atomic mass is 16.7. The van der Waals surface area contributed by atoms with Crippen molar-refractivity contribution in [3.8, 4) is 5.75 Å². The number of hydrogen-bond donors (Lipinski definition) is 5. The van der Waals surface area contributed by atoms with Crippen molar-refractivity contribution in [3.05, 3.63) is 66.4 Å². The first-order valence-corrected chi connectivity index (χ1v) is 11.0. The SMILES string of the molecule is COc1cc(NC(C)CCCNC(=O)NNC(=O)NOCc2ccccc2)c2ncccc2c1. The lowest BCUT2D eigenvalue weighted by Crippen LogP contribution is -2.50. The second-order valence-corrected chi connectivity index (χ2v) is 7.65. The summed E-state index contributed by atoms with van der Waals surface area (Å²) in [4.78, 5) is 33.1. The summed E-state index contributed by atoms with van der Waals surface area (Å²) in [6.07, 6.45) is 3.31. The summed E-state index contributed by atoms with van der Waals surface area (Å²) >= 11 is 0. The normalized spacial score (nSPS) is 11.4. The smallest absolute Gasteiger partial charge is 0.357 e.